The van der Waals surface area contributed by atoms with E-state index in [9.17, 15) is 9.18 Å². The molecule has 0 unspecified atom stereocenters. The molecular formula is C20H21FN2O. The van der Waals surface area contributed by atoms with Gasteiger partial charge >= 0.3 is 0 Å². The predicted molar refractivity (Wildman–Crippen MR) is 95.9 cm³/mol. The number of aromatic nitrogens is 1. The number of halogens is 1. The van der Waals surface area contributed by atoms with Crippen molar-refractivity contribution in [1.82, 2.24) is 4.98 Å². The molecule has 4 heteroatoms. The van der Waals surface area contributed by atoms with Gasteiger partial charge in [0.2, 0.25) is 5.91 Å². The fourth-order valence-electron chi connectivity index (χ4n) is 3.00. The van der Waals surface area contributed by atoms with Crippen LogP contribution < -0.4 is 5.32 Å². The van der Waals surface area contributed by atoms with Crippen LogP contribution in [0.4, 0.5) is 10.1 Å². The number of para-hydroxylation sites is 1. The van der Waals surface area contributed by atoms with Crippen molar-refractivity contribution in [3.63, 3.8) is 0 Å². The van der Waals surface area contributed by atoms with Crippen molar-refractivity contribution in [2.45, 2.75) is 33.1 Å². The molecular weight excluding hydrogens is 303 g/mol. The van der Waals surface area contributed by atoms with Gasteiger partial charge in [0.1, 0.15) is 5.82 Å². The van der Waals surface area contributed by atoms with E-state index in [0.29, 0.717) is 11.4 Å². The fraction of sp³-hybridized carbons (Fsp3) is 0.250. The van der Waals surface area contributed by atoms with E-state index in [2.05, 4.69) is 24.1 Å². The maximum atomic E-state index is 13.3. The Morgan fingerprint density at radius 1 is 1.25 bits per heavy atom. The summed E-state index contributed by atoms with van der Waals surface area (Å²) in [5, 5.41) is 3.92. The molecule has 1 heterocycles. The van der Waals surface area contributed by atoms with Crippen molar-refractivity contribution in [1.29, 1.82) is 0 Å². The highest BCUT2D eigenvalue weighted by atomic mass is 19.1. The Morgan fingerprint density at radius 2 is 2.04 bits per heavy atom. The summed E-state index contributed by atoms with van der Waals surface area (Å²) >= 11 is 0. The highest BCUT2D eigenvalue weighted by Crippen LogP contribution is 2.28. The van der Waals surface area contributed by atoms with E-state index in [1.807, 2.05) is 25.1 Å². The number of aromatic amines is 1. The SMILES string of the molecule is Cc1cccc(C(C)C)c1NC(=O)Cc1c[nH]c2cc(F)ccc12. The number of amides is 1. The molecule has 3 nitrogen and oxygen atoms in total. The Labute approximate surface area is 140 Å². The molecule has 3 rings (SSSR count). The monoisotopic (exact) mass is 324 g/mol. The minimum absolute atomic E-state index is 0.0728. The van der Waals surface area contributed by atoms with E-state index in [1.54, 1.807) is 12.3 Å². The first-order valence-corrected chi connectivity index (χ1v) is 8.10. The van der Waals surface area contributed by atoms with Gasteiger partial charge in [-0.15, -0.1) is 0 Å². The number of carbonyl (C=O) groups is 1. The van der Waals surface area contributed by atoms with Gasteiger partial charge < -0.3 is 10.3 Å². The van der Waals surface area contributed by atoms with Crippen molar-refractivity contribution in [3.05, 3.63) is 65.1 Å². The van der Waals surface area contributed by atoms with Crippen molar-refractivity contribution in [2.75, 3.05) is 5.32 Å². The van der Waals surface area contributed by atoms with Crippen LogP contribution in [-0.4, -0.2) is 10.9 Å². The number of benzene rings is 2. The number of nitrogens with one attached hydrogen (secondary N) is 2. The smallest absolute Gasteiger partial charge is 0.228 e. The van der Waals surface area contributed by atoms with Gasteiger partial charge in [-0.3, -0.25) is 4.79 Å². The van der Waals surface area contributed by atoms with E-state index in [0.717, 1.165) is 27.8 Å². The number of aryl methyl sites for hydroxylation is 1. The minimum atomic E-state index is -0.290. The third-order valence-electron chi connectivity index (χ3n) is 4.27. The lowest BCUT2D eigenvalue weighted by atomic mass is 9.98. The maximum absolute atomic E-state index is 13.3. The van der Waals surface area contributed by atoms with Gasteiger partial charge in [-0.2, -0.15) is 0 Å². The predicted octanol–water partition coefficient (Wildman–Crippen LogP) is 4.92. The highest BCUT2D eigenvalue weighted by Gasteiger charge is 2.14. The molecule has 0 saturated carbocycles. The first-order chi connectivity index (χ1) is 11.5. The summed E-state index contributed by atoms with van der Waals surface area (Å²) in [6.07, 6.45) is 2.02. The van der Waals surface area contributed by atoms with E-state index in [1.165, 1.54) is 12.1 Å². The van der Waals surface area contributed by atoms with Crippen LogP contribution in [0.15, 0.2) is 42.6 Å². The summed E-state index contributed by atoms with van der Waals surface area (Å²) in [5.74, 6) is -0.0328. The quantitative estimate of drug-likeness (QED) is 0.703. The van der Waals surface area contributed by atoms with E-state index in [4.69, 9.17) is 0 Å². The molecule has 0 radical (unpaired) electrons. The van der Waals surface area contributed by atoms with Gasteiger partial charge in [0.25, 0.3) is 0 Å². The number of fused-ring (bicyclic) bond motifs is 1. The van der Waals surface area contributed by atoms with Crippen molar-refractivity contribution >= 4 is 22.5 Å². The Kier molecular flexibility index (Phi) is 4.38. The summed E-state index contributed by atoms with van der Waals surface area (Å²) in [4.78, 5) is 15.5. The Morgan fingerprint density at radius 3 is 2.79 bits per heavy atom. The third kappa shape index (κ3) is 3.18. The number of hydrogen-bond acceptors (Lipinski definition) is 1. The number of hydrogen-bond donors (Lipinski definition) is 2. The second kappa shape index (κ2) is 6.48. The zero-order chi connectivity index (χ0) is 17.3. The molecule has 1 amide bonds. The maximum Gasteiger partial charge on any atom is 0.228 e. The summed E-state index contributed by atoms with van der Waals surface area (Å²) in [6.45, 7) is 6.22. The van der Waals surface area contributed by atoms with Crippen molar-refractivity contribution in [3.8, 4) is 0 Å². The average Bonchev–Trinajstić information content (AvgIpc) is 2.91. The lowest BCUT2D eigenvalue weighted by Crippen LogP contribution is -2.16. The zero-order valence-electron chi connectivity index (χ0n) is 14.1. The molecule has 0 aliphatic carbocycles. The molecule has 0 fully saturated rings. The molecule has 1 aromatic heterocycles. The van der Waals surface area contributed by atoms with Gasteiger partial charge in [0.15, 0.2) is 0 Å². The third-order valence-corrected chi connectivity index (χ3v) is 4.27. The first-order valence-electron chi connectivity index (χ1n) is 8.10. The fourth-order valence-corrected chi connectivity index (χ4v) is 3.00. The normalized spacial score (nSPS) is 11.2. The second-order valence-electron chi connectivity index (χ2n) is 6.42. The highest BCUT2D eigenvalue weighted by molar-refractivity contribution is 5.96. The molecule has 2 N–H and O–H groups in total. The van der Waals surface area contributed by atoms with Gasteiger partial charge in [-0.25, -0.2) is 4.39 Å². The molecule has 2 aromatic carbocycles. The molecule has 0 atom stereocenters. The molecule has 0 saturated heterocycles. The lowest BCUT2D eigenvalue weighted by Gasteiger charge is -2.16. The standard InChI is InChI=1S/C20H21FN2O/c1-12(2)16-6-4-5-13(3)20(16)23-19(24)9-14-11-22-18-10-15(21)7-8-17(14)18/h4-8,10-12,22H,9H2,1-3H3,(H,23,24). The largest absolute Gasteiger partial charge is 0.361 e. The van der Waals surface area contributed by atoms with Crippen molar-refractivity contribution < 1.29 is 9.18 Å². The molecule has 0 bridgehead atoms. The molecule has 0 aliphatic heterocycles. The lowest BCUT2D eigenvalue weighted by molar-refractivity contribution is -0.115. The minimum Gasteiger partial charge on any atom is -0.361 e. The number of rotatable bonds is 4. The summed E-state index contributed by atoms with van der Waals surface area (Å²) in [5.41, 5.74) is 4.64. The molecule has 0 spiro atoms. The van der Waals surface area contributed by atoms with Gasteiger partial charge in [-0.1, -0.05) is 32.0 Å². The molecule has 3 aromatic rings. The Hall–Kier alpha value is -2.62. The topological polar surface area (TPSA) is 44.9 Å². The number of anilines is 1. The van der Waals surface area contributed by atoms with Crippen LogP contribution in [0.2, 0.25) is 0 Å². The summed E-state index contributed by atoms with van der Waals surface area (Å²) in [7, 11) is 0. The van der Waals surface area contributed by atoms with Crippen LogP contribution in [-0.2, 0) is 11.2 Å². The van der Waals surface area contributed by atoms with E-state index in [-0.39, 0.29) is 18.1 Å². The van der Waals surface area contributed by atoms with Crippen LogP contribution in [0, 0.1) is 12.7 Å². The number of H-pyrrole nitrogens is 1. The van der Waals surface area contributed by atoms with Gasteiger partial charge in [0, 0.05) is 22.8 Å². The Balaban J connectivity index is 1.83. The van der Waals surface area contributed by atoms with Crippen LogP contribution in [0.1, 0.15) is 36.5 Å². The molecule has 124 valence electrons. The first kappa shape index (κ1) is 16.2. The Bertz CT molecular complexity index is 896. The van der Waals surface area contributed by atoms with E-state index < -0.39 is 0 Å². The molecule has 0 aliphatic rings. The van der Waals surface area contributed by atoms with Crippen molar-refractivity contribution in [2.24, 2.45) is 0 Å². The zero-order valence-corrected chi connectivity index (χ0v) is 14.1. The van der Waals surface area contributed by atoms with Crippen LogP contribution in [0.3, 0.4) is 0 Å². The number of carbonyl (C=O) groups excluding carboxylic acids is 1. The average molecular weight is 324 g/mol. The van der Waals surface area contributed by atoms with Gasteiger partial charge in [0.05, 0.1) is 6.42 Å². The van der Waals surface area contributed by atoms with Crippen LogP contribution >= 0.6 is 0 Å². The van der Waals surface area contributed by atoms with E-state index >= 15 is 0 Å². The molecule has 24 heavy (non-hydrogen) atoms. The summed E-state index contributed by atoms with van der Waals surface area (Å²) in [6, 6.07) is 10.6. The van der Waals surface area contributed by atoms with Crippen LogP contribution in [0.5, 0.6) is 0 Å². The second-order valence-corrected chi connectivity index (χ2v) is 6.42. The van der Waals surface area contributed by atoms with Gasteiger partial charge in [-0.05, 0) is 47.7 Å². The van der Waals surface area contributed by atoms with Crippen LogP contribution in [0.25, 0.3) is 10.9 Å². The summed E-state index contributed by atoms with van der Waals surface area (Å²) < 4.78 is 13.3.